The second kappa shape index (κ2) is 16.3. The van der Waals surface area contributed by atoms with Gasteiger partial charge in [0.1, 0.15) is 6.04 Å². The molecule has 3 amide bonds. The van der Waals surface area contributed by atoms with Gasteiger partial charge in [0, 0.05) is 13.0 Å². The van der Waals surface area contributed by atoms with E-state index >= 15 is 0 Å². The molecule has 0 spiro atoms. The van der Waals surface area contributed by atoms with Gasteiger partial charge in [-0.25, -0.2) is 0 Å². The molecule has 0 saturated carbocycles. The van der Waals surface area contributed by atoms with Crippen molar-refractivity contribution in [1.82, 2.24) is 16.0 Å². The summed E-state index contributed by atoms with van der Waals surface area (Å²) in [5.41, 5.74) is 0.974. The lowest BCUT2D eigenvalue weighted by Gasteiger charge is -2.26. The largest absolute Gasteiger partial charge is 0.390 e. The molecule has 1 aliphatic heterocycles. The SMILES string of the molecule is CC(C)[C@@H]1NC(=O)C[C@H](O)[C@H](Cc2ccccc2)NC(=O)CCCCCCCCCCCNC1=O. The minimum Gasteiger partial charge on any atom is -0.390 e. The maximum atomic E-state index is 12.8. The second-order valence-electron chi connectivity index (χ2n) is 10.1. The van der Waals surface area contributed by atoms with E-state index in [1.165, 1.54) is 19.3 Å². The Hall–Kier alpha value is -2.41. The van der Waals surface area contributed by atoms with Crippen molar-refractivity contribution >= 4 is 17.7 Å². The first kappa shape index (κ1) is 28.8. The van der Waals surface area contributed by atoms with Gasteiger partial charge in [-0.1, -0.05) is 89.1 Å². The van der Waals surface area contributed by atoms with Crippen molar-refractivity contribution in [2.75, 3.05) is 6.54 Å². The third-order valence-corrected chi connectivity index (χ3v) is 6.65. The molecule has 0 aliphatic carbocycles. The Morgan fingerprint density at radius 3 is 2.06 bits per heavy atom. The molecule has 7 nitrogen and oxygen atoms in total. The van der Waals surface area contributed by atoms with E-state index in [0.717, 1.165) is 44.1 Å². The molecule has 7 heteroatoms. The van der Waals surface area contributed by atoms with Crippen LogP contribution >= 0.6 is 0 Å². The van der Waals surface area contributed by atoms with Crippen molar-refractivity contribution < 1.29 is 19.5 Å². The number of aliphatic hydroxyl groups excluding tert-OH is 1. The lowest BCUT2D eigenvalue weighted by Crippen LogP contribution is -2.52. The van der Waals surface area contributed by atoms with Crippen LogP contribution in [0.25, 0.3) is 0 Å². The Labute approximate surface area is 210 Å². The van der Waals surface area contributed by atoms with Crippen LogP contribution in [0.3, 0.4) is 0 Å². The van der Waals surface area contributed by atoms with Gasteiger partial charge in [-0.2, -0.15) is 0 Å². The standard InChI is InChI=1S/C28H45N3O4/c1-21(2)27-28(35)29-18-14-9-7-5-3-4-6-8-13-17-25(33)30-23(24(32)20-26(34)31-27)19-22-15-11-10-12-16-22/h10-12,15-16,21,23-24,27,32H,3-9,13-14,17-20H2,1-2H3,(H,29,35)(H,30,33)(H,31,34)/t23-,24-,27-/m0/s1. The van der Waals surface area contributed by atoms with Crippen molar-refractivity contribution in [3.05, 3.63) is 35.9 Å². The molecule has 1 aromatic carbocycles. The van der Waals surface area contributed by atoms with Crippen molar-refractivity contribution in [2.45, 2.75) is 109 Å². The molecular weight excluding hydrogens is 442 g/mol. The molecule has 0 bridgehead atoms. The molecular formula is C28H45N3O4. The number of hydrogen-bond acceptors (Lipinski definition) is 4. The third kappa shape index (κ3) is 11.7. The lowest BCUT2D eigenvalue weighted by atomic mass is 9.97. The van der Waals surface area contributed by atoms with Gasteiger partial charge in [-0.05, 0) is 30.7 Å². The first-order chi connectivity index (χ1) is 16.9. The van der Waals surface area contributed by atoms with Gasteiger partial charge >= 0.3 is 0 Å². The number of aliphatic hydroxyl groups is 1. The first-order valence-corrected chi connectivity index (χ1v) is 13.4. The second-order valence-corrected chi connectivity index (χ2v) is 10.1. The normalized spacial score (nSPS) is 25.1. The minimum atomic E-state index is -1.07. The quantitative estimate of drug-likeness (QED) is 0.522. The molecule has 0 unspecified atom stereocenters. The van der Waals surface area contributed by atoms with E-state index in [-0.39, 0.29) is 24.2 Å². The molecule has 1 saturated heterocycles. The maximum absolute atomic E-state index is 12.8. The summed E-state index contributed by atoms with van der Waals surface area (Å²) in [7, 11) is 0. The van der Waals surface area contributed by atoms with E-state index in [0.29, 0.717) is 19.4 Å². The van der Waals surface area contributed by atoms with E-state index < -0.39 is 24.1 Å². The summed E-state index contributed by atoms with van der Waals surface area (Å²) in [5, 5.41) is 19.6. The summed E-state index contributed by atoms with van der Waals surface area (Å²) >= 11 is 0. The van der Waals surface area contributed by atoms with Crippen molar-refractivity contribution in [3.8, 4) is 0 Å². The first-order valence-electron chi connectivity index (χ1n) is 13.4. The number of hydrogen-bond donors (Lipinski definition) is 4. The van der Waals surface area contributed by atoms with Crippen LogP contribution in [0, 0.1) is 5.92 Å². The van der Waals surface area contributed by atoms with Crippen molar-refractivity contribution in [2.24, 2.45) is 5.92 Å². The van der Waals surface area contributed by atoms with Crippen LogP contribution in [0.15, 0.2) is 30.3 Å². The minimum absolute atomic E-state index is 0.0856. The Balaban J connectivity index is 2.08. The van der Waals surface area contributed by atoms with Gasteiger partial charge in [-0.3, -0.25) is 14.4 Å². The number of amides is 3. The smallest absolute Gasteiger partial charge is 0.242 e. The van der Waals surface area contributed by atoms with E-state index in [2.05, 4.69) is 16.0 Å². The number of benzene rings is 1. The van der Waals surface area contributed by atoms with Crippen LogP contribution in [0.1, 0.15) is 90.0 Å². The highest BCUT2D eigenvalue weighted by Gasteiger charge is 2.28. The zero-order valence-electron chi connectivity index (χ0n) is 21.6. The van der Waals surface area contributed by atoms with Crippen LogP contribution in [-0.4, -0.2) is 47.6 Å². The topological polar surface area (TPSA) is 108 Å². The van der Waals surface area contributed by atoms with Crippen molar-refractivity contribution in [1.29, 1.82) is 0 Å². The summed E-state index contributed by atoms with van der Waals surface area (Å²) in [5.74, 6) is -0.777. The van der Waals surface area contributed by atoms with Crippen LogP contribution in [0.5, 0.6) is 0 Å². The number of rotatable bonds is 3. The molecule has 2 rings (SSSR count). The molecule has 1 aliphatic rings. The van der Waals surface area contributed by atoms with Gasteiger partial charge < -0.3 is 21.1 Å². The average Bonchev–Trinajstić information content (AvgIpc) is 2.82. The highest BCUT2D eigenvalue weighted by molar-refractivity contribution is 5.88. The Bertz CT molecular complexity index is 769. The fourth-order valence-corrected chi connectivity index (χ4v) is 4.50. The molecule has 196 valence electrons. The van der Waals surface area contributed by atoms with Crippen LogP contribution in [0.2, 0.25) is 0 Å². The molecule has 4 N–H and O–H groups in total. The average molecular weight is 488 g/mol. The fraction of sp³-hybridized carbons (Fsp3) is 0.679. The summed E-state index contributed by atoms with van der Waals surface area (Å²) < 4.78 is 0. The number of carbonyl (C=O) groups excluding carboxylic acids is 3. The van der Waals surface area contributed by atoms with E-state index in [9.17, 15) is 19.5 Å². The Morgan fingerprint density at radius 2 is 1.43 bits per heavy atom. The zero-order chi connectivity index (χ0) is 25.5. The Kier molecular flexibility index (Phi) is 13.4. The fourth-order valence-electron chi connectivity index (χ4n) is 4.50. The molecule has 35 heavy (non-hydrogen) atoms. The van der Waals surface area contributed by atoms with E-state index in [1.54, 1.807) is 0 Å². The zero-order valence-corrected chi connectivity index (χ0v) is 21.6. The Morgan fingerprint density at radius 1 is 0.829 bits per heavy atom. The van der Waals surface area contributed by atoms with Gasteiger partial charge in [0.15, 0.2) is 0 Å². The molecule has 1 heterocycles. The van der Waals surface area contributed by atoms with Gasteiger partial charge in [0.2, 0.25) is 17.7 Å². The predicted molar refractivity (Wildman–Crippen MR) is 139 cm³/mol. The van der Waals surface area contributed by atoms with E-state index in [1.807, 2.05) is 44.2 Å². The third-order valence-electron chi connectivity index (χ3n) is 6.65. The predicted octanol–water partition coefficient (Wildman–Crippen LogP) is 3.64. The summed E-state index contributed by atoms with van der Waals surface area (Å²) in [6, 6.07) is 8.38. The highest BCUT2D eigenvalue weighted by Crippen LogP contribution is 2.13. The monoisotopic (exact) mass is 487 g/mol. The van der Waals surface area contributed by atoms with Crippen molar-refractivity contribution in [3.63, 3.8) is 0 Å². The summed E-state index contributed by atoms with van der Waals surface area (Å²) in [6.07, 6.45) is 9.29. The van der Waals surface area contributed by atoms with E-state index in [4.69, 9.17) is 0 Å². The summed E-state index contributed by atoms with van der Waals surface area (Å²) in [4.78, 5) is 38.1. The molecule has 1 fully saturated rings. The van der Waals surface area contributed by atoms with Crippen LogP contribution in [0.4, 0.5) is 0 Å². The molecule has 3 atom stereocenters. The maximum Gasteiger partial charge on any atom is 0.242 e. The van der Waals surface area contributed by atoms with Gasteiger partial charge in [0.05, 0.1) is 18.6 Å². The highest BCUT2D eigenvalue weighted by atomic mass is 16.3. The molecule has 0 aromatic heterocycles. The lowest BCUT2D eigenvalue weighted by molar-refractivity contribution is -0.131. The number of carbonyl (C=O) groups is 3. The van der Waals surface area contributed by atoms with Crippen LogP contribution < -0.4 is 16.0 Å². The molecule has 0 radical (unpaired) electrons. The number of nitrogens with one attached hydrogen (secondary N) is 3. The van der Waals surface area contributed by atoms with Gasteiger partial charge in [0.25, 0.3) is 0 Å². The van der Waals surface area contributed by atoms with Crippen LogP contribution in [-0.2, 0) is 20.8 Å². The summed E-state index contributed by atoms with van der Waals surface area (Å²) in [6.45, 7) is 4.38. The van der Waals surface area contributed by atoms with Gasteiger partial charge in [-0.15, -0.1) is 0 Å². The molecule has 1 aromatic rings.